The van der Waals surface area contributed by atoms with Crippen molar-refractivity contribution in [3.63, 3.8) is 0 Å². The molecule has 0 atom stereocenters. The van der Waals surface area contributed by atoms with E-state index >= 15 is 0 Å². The van der Waals surface area contributed by atoms with Gasteiger partial charge in [-0.1, -0.05) is 18.2 Å². The zero-order chi connectivity index (χ0) is 17.0. The first-order valence-electron chi connectivity index (χ1n) is 7.00. The minimum atomic E-state index is -0.734. The highest BCUT2D eigenvalue weighted by atomic mass is 16.6. The topological polar surface area (TPSA) is 102 Å². The number of nitro groups is 1. The monoisotopic (exact) mass is 316 g/mol. The number of aryl methyl sites for hydroxylation is 2. The van der Waals surface area contributed by atoms with Crippen LogP contribution in [0.15, 0.2) is 35.1 Å². The number of ether oxygens (including phenoxy) is 1. The van der Waals surface area contributed by atoms with Gasteiger partial charge in [0.05, 0.1) is 11.5 Å². The lowest BCUT2D eigenvalue weighted by Crippen LogP contribution is -2.22. The van der Waals surface area contributed by atoms with Crippen molar-refractivity contribution in [2.24, 2.45) is 0 Å². The van der Waals surface area contributed by atoms with Gasteiger partial charge in [-0.25, -0.2) is 4.79 Å². The molecule has 0 fully saturated rings. The number of nitrogens with one attached hydrogen (secondary N) is 1. The van der Waals surface area contributed by atoms with Crippen molar-refractivity contribution in [2.45, 2.75) is 20.3 Å². The second kappa shape index (κ2) is 6.87. The quantitative estimate of drug-likeness (QED) is 0.518. The molecule has 0 spiro atoms. The Morgan fingerprint density at radius 1 is 1.30 bits per heavy atom. The van der Waals surface area contributed by atoms with Crippen molar-refractivity contribution < 1.29 is 14.5 Å². The number of rotatable bonds is 5. The molecule has 0 aliphatic rings. The lowest BCUT2D eigenvalue weighted by atomic mass is 10.1. The van der Waals surface area contributed by atoms with Crippen LogP contribution >= 0.6 is 0 Å². The molecule has 0 unspecified atom stereocenters. The van der Waals surface area contributed by atoms with Crippen LogP contribution < -0.4 is 5.56 Å². The maximum atomic E-state index is 12.0. The van der Waals surface area contributed by atoms with E-state index < -0.39 is 16.5 Å². The minimum absolute atomic E-state index is 0.0205. The van der Waals surface area contributed by atoms with Gasteiger partial charge in [-0.2, -0.15) is 0 Å². The maximum absolute atomic E-state index is 12.0. The number of esters is 1. The molecule has 1 heterocycles. The SMILES string of the molecule is Cc1cc(C)c(C(=O)OCCc2ccccc2[N+](=O)[O-])c(=O)[nH]1. The third kappa shape index (κ3) is 3.82. The number of hydrogen-bond donors (Lipinski definition) is 1. The summed E-state index contributed by atoms with van der Waals surface area (Å²) in [5, 5.41) is 10.9. The van der Waals surface area contributed by atoms with Gasteiger partial charge in [-0.05, 0) is 25.5 Å². The molecule has 0 saturated heterocycles. The third-order valence-electron chi connectivity index (χ3n) is 3.36. The van der Waals surface area contributed by atoms with E-state index in [0.717, 1.165) is 0 Å². The maximum Gasteiger partial charge on any atom is 0.344 e. The summed E-state index contributed by atoms with van der Waals surface area (Å²) in [6, 6.07) is 7.93. The molecule has 0 saturated carbocycles. The lowest BCUT2D eigenvalue weighted by Gasteiger charge is -2.07. The highest BCUT2D eigenvalue weighted by Crippen LogP contribution is 2.18. The fourth-order valence-electron chi connectivity index (χ4n) is 2.33. The standard InChI is InChI=1S/C16H16N2O5/c1-10-9-11(2)17-15(19)14(10)16(20)23-8-7-12-5-3-4-6-13(12)18(21)22/h3-6,9H,7-8H2,1-2H3,(H,17,19). The van der Waals surface area contributed by atoms with E-state index in [4.69, 9.17) is 4.74 Å². The van der Waals surface area contributed by atoms with Crippen molar-refractivity contribution in [3.8, 4) is 0 Å². The van der Waals surface area contributed by atoms with Crippen molar-refractivity contribution >= 4 is 11.7 Å². The van der Waals surface area contributed by atoms with E-state index in [0.29, 0.717) is 16.8 Å². The zero-order valence-corrected chi connectivity index (χ0v) is 12.8. The summed E-state index contributed by atoms with van der Waals surface area (Å²) in [5.41, 5.74) is 1.09. The average Bonchev–Trinajstić information content (AvgIpc) is 2.46. The number of carbonyl (C=O) groups is 1. The molecule has 0 amide bonds. The summed E-state index contributed by atoms with van der Waals surface area (Å²) < 4.78 is 5.09. The van der Waals surface area contributed by atoms with Gasteiger partial charge in [0.25, 0.3) is 11.2 Å². The first kappa shape index (κ1) is 16.4. The number of para-hydroxylation sites is 1. The summed E-state index contributed by atoms with van der Waals surface area (Å²) in [6.07, 6.45) is 0.200. The fourth-order valence-corrected chi connectivity index (χ4v) is 2.33. The van der Waals surface area contributed by atoms with Gasteiger partial charge in [-0.15, -0.1) is 0 Å². The molecule has 0 radical (unpaired) electrons. The molecule has 0 aliphatic heterocycles. The number of benzene rings is 1. The number of nitrogens with zero attached hydrogens (tertiary/aromatic N) is 1. The largest absolute Gasteiger partial charge is 0.462 e. The van der Waals surface area contributed by atoms with Gasteiger partial charge in [0, 0.05) is 23.7 Å². The molecular weight excluding hydrogens is 300 g/mol. The van der Waals surface area contributed by atoms with Crippen molar-refractivity contribution in [1.29, 1.82) is 0 Å². The highest BCUT2D eigenvalue weighted by Gasteiger charge is 2.17. The Bertz CT molecular complexity index is 810. The van der Waals surface area contributed by atoms with Crippen LogP contribution in [0.5, 0.6) is 0 Å². The molecule has 1 aromatic carbocycles. The zero-order valence-electron chi connectivity index (χ0n) is 12.8. The Balaban J connectivity index is 2.07. The molecule has 1 aromatic heterocycles. The first-order chi connectivity index (χ1) is 10.9. The summed E-state index contributed by atoms with van der Waals surface area (Å²) in [4.78, 5) is 36.8. The molecule has 120 valence electrons. The molecule has 1 N–H and O–H groups in total. The molecule has 0 aliphatic carbocycles. The Kier molecular flexibility index (Phi) is 4.90. The molecule has 2 rings (SSSR count). The smallest absolute Gasteiger partial charge is 0.344 e. The summed E-state index contributed by atoms with van der Waals surface area (Å²) in [6.45, 7) is 3.33. The van der Waals surface area contributed by atoms with Crippen LogP contribution in [0.25, 0.3) is 0 Å². The van der Waals surface area contributed by atoms with Gasteiger partial charge in [0.1, 0.15) is 5.56 Å². The van der Waals surface area contributed by atoms with Crippen LogP contribution in [0, 0.1) is 24.0 Å². The summed E-state index contributed by atoms with van der Waals surface area (Å²) in [7, 11) is 0. The Labute approximate surface area is 132 Å². The fraction of sp³-hybridized carbons (Fsp3) is 0.250. The molecular formula is C16H16N2O5. The van der Waals surface area contributed by atoms with Gasteiger partial charge in [-0.3, -0.25) is 14.9 Å². The number of H-pyrrole nitrogens is 1. The van der Waals surface area contributed by atoms with E-state index in [1.165, 1.54) is 6.07 Å². The van der Waals surface area contributed by atoms with E-state index in [1.54, 1.807) is 38.1 Å². The van der Waals surface area contributed by atoms with Crippen LogP contribution in [-0.2, 0) is 11.2 Å². The molecule has 7 heteroatoms. The predicted octanol–water partition coefficient (Wildman–Crippen LogP) is 2.30. The van der Waals surface area contributed by atoms with Gasteiger partial charge < -0.3 is 9.72 Å². The molecule has 0 bridgehead atoms. The molecule has 2 aromatic rings. The Morgan fingerprint density at radius 3 is 2.65 bits per heavy atom. The number of pyridine rings is 1. The van der Waals surface area contributed by atoms with E-state index in [2.05, 4.69) is 4.98 Å². The van der Waals surface area contributed by atoms with Crippen molar-refractivity contribution in [3.05, 3.63) is 73.2 Å². The van der Waals surface area contributed by atoms with Crippen LogP contribution in [0.4, 0.5) is 5.69 Å². The van der Waals surface area contributed by atoms with Crippen molar-refractivity contribution in [1.82, 2.24) is 4.98 Å². The number of carbonyl (C=O) groups excluding carboxylic acids is 1. The van der Waals surface area contributed by atoms with Gasteiger partial charge >= 0.3 is 5.97 Å². The van der Waals surface area contributed by atoms with Crippen LogP contribution in [0.2, 0.25) is 0 Å². The second-order valence-corrected chi connectivity index (χ2v) is 5.11. The van der Waals surface area contributed by atoms with Gasteiger partial charge in [0.15, 0.2) is 0 Å². The predicted molar refractivity (Wildman–Crippen MR) is 83.6 cm³/mol. The number of aromatic amines is 1. The molecule has 7 nitrogen and oxygen atoms in total. The summed E-state index contributed by atoms with van der Waals surface area (Å²) in [5.74, 6) is -0.734. The molecule has 23 heavy (non-hydrogen) atoms. The second-order valence-electron chi connectivity index (χ2n) is 5.11. The average molecular weight is 316 g/mol. The third-order valence-corrected chi connectivity index (χ3v) is 3.36. The van der Waals surface area contributed by atoms with E-state index in [1.807, 2.05) is 0 Å². The lowest BCUT2D eigenvalue weighted by molar-refractivity contribution is -0.385. The number of aromatic nitrogens is 1. The minimum Gasteiger partial charge on any atom is -0.462 e. The van der Waals surface area contributed by atoms with Crippen LogP contribution in [0.1, 0.15) is 27.2 Å². The van der Waals surface area contributed by atoms with Crippen LogP contribution in [0.3, 0.4) is 0 Å². The summed E-state index contributed by atoms with van der Waals surface area (Å²) >= 11 is 0. The number of nitro benzene ring substituents is 1. The Morgan fingerprint density at radius 2 is 2.00 bits per heavy atom. The van der Waals surface area contributed by atoms with Gasteiger partial charge in [0.2, 0.25) is 0 Å². The van der Waals surface area contributed by atoms with E-state index in [-0.39, 0.29) is 24.3 Å². The van der Waals surface area contributed by atoms with Crippen LogP contribution in [-0.4, -0.2) is 22.5 Å². The highest BCUT2D eigenvalue weighted by molar-refractivity contribution is 5.90. The first-order valence-corrected chi connectivity index (χ1v) is 7.00. The van der Waals surface area contributed by atoms with E-state index in [9.17, 15) is 19.7 Å². The number of hydrogen-bond acceptors (Lipinski definition) is 5. The Hall–Kier alpha value is -2.96. The normalized spacial score (nSPS) is 10.3. The van der Waals surface area contributed by atoms with Crippen molar-refractivity contribution in [2.75, 3.05) is 6.61 Å².